The molecule has 12 heavy (non-hydrogen) atoms. The SMILES string of the molecule is CCC(C#N)[Si](O)C(C#N)CC. The van der Waals surface area contributed by atoms with Crippen LogP contribution in [0.2, 0.25) is 11.1 Å². The van der Waals surface area contributed by atoms with Gasteiger partial charge in [-0.3, -0.25) is 0 Å². The van der Waals surface area contributed by atoms with Crippen molar-refractivity contribution in [2.24, 2.45) is 0 Å². The van der Waals surface area contributed by atoms with Crippen LogP contribution in [0.1, 0.15) is 26.7 Å². The summed E-state index contributed by atoms with van der Waals surface area (Å²) in [6.45, 7) is 3.72. The van der Waals surface area contributed by atoms with E-state index in [1.54, 1.807) is 0 Å². The van der Waals surface area contributed by atoms with Crippen LogP contribution in [0.5, 0.6) is 0 Å². The first-order valence-corrected chi connectivity index (χ1v) is 5.66. The van der Waals surface area contributed by atoms with Gasteiger partial charge in [0.2, 0.25) is 9.04 Å². The van der Waals surface area contributed by atoms with Crippen LogP contribution in [0.25, 0.3) is 0 Å². The molecular weight excluding hydrogens is 168 g/mol. The minimum atomic E-state index is -1.79. The molecule has 0 rings (SSSR count). The monoisotopic (exact) mass is 181 g/mol. The van der Waals surface area contributed by atoms with Gasteiger partial charge in [0, 0.05) is 0 Å². The van der Waals surface area contributed by atoms with Crippen molar-refractivity contribution >= 4 is 9.04 Å². The van der Waals surface area contributed by atoms with Crippen LogP contribution in [0, 0.1) is 22.7 Å². The predicted octanol–water partition coefficient (Wildman–Crippen LogP) is 1.58. The van der Waals surface area contributed by atoms with Crippen LogP contribution >= 0.6 is 0 Å². The minimum Gasteiger partial charge on any atom is -0.429 e. The maximum absolute atomic E-state index is 9.63. The fourth-order valence-electron chi connectivity index (χ4n) is 0.976. The van der Waals surface area contributed by atoms with Crippen LogP contribution in [-0.2, 0) is 0 Å². The quantitative estimate of drug-likeness (QED) is 0.669. The molecule has 0 bridgehead atoms. The molecule has 3 nitrogen and oxygen atoms in total. The number of hydrogen-bond donors (Lipinski definition) is 1. The van der Waals surface area contributed by atoms with Crippen molar-refractivity contribution in [2.45, 2.75) is 37.8 Å². The second kappa shape index (κ2) is 5.76. The van der Waals surface area contributed by atoms with Gasteiger partial charge in [-0.25, -0.2) is 0 Å². The van der Waals surface area contributed by atoms with E-state index in [-0.39, 0.29) is 11.1 Å². The Morgan fingerprint density at radius 3 is 1.67 bits per heavy atom. The van der Waals surface area contributed by atoms with Gasteiger partial charge < -0.3 is 4.80 Å². The Kier molecular flexibility index (Phi) is 5.36. The highest BCUT2D eigenvalue weighted by Gasteiger charge is 2.28. The second-order valence-corrected chi connectivity index (χ2v) is 4.85. The second-order valence-electron chi connectivity index (χ2n) is 2.60. The van der Waals surface area contributed by atoms with Crippen LogP contribution < -0.4 is 0 Å². The lowest BCUT2D eigenvalue weighted by Crippen LogP contribution is -2.24. The number of nitriles is 2. The van der Waals surface area contributed by atoms with Crippen molar-refractivity contribution in [3.05, 3.63) is 0 Å². The van der Waals surface area contributed by atoms with Crippen molar-refractivity contribution in [2.75, 3.05) is 0 Å². The first-order chi connectivity index (χ1) is 5.71. The zero-order valence-electron chi connectivity index (χ0n) is 7.41. The molecule has 0 aliphatic rings. The summed E-state index contributed by atoms with van der Waals surface area (Å²) in [4.78, 5) is 9.63. The lowest BCUT2D eigenvalue weighted by molar-refractivity contribution is 0.536. The van der Waals surface area contributed by atoms with Gasteiger partial charge in [-0.15, -0.1) is 0 Å². The molecular formula is C8H13N2OSi. The highest BCUT2D eigenvalue weighted by atomic mass is 28.3. The Morgan fingerprint density at radius 2 is 1.50 bits per heavy atom. The molecule has 2 unspecified atom stereocenters. The molecule has 0 amide bonds. The average Bonchev–Trinajstić information content (AvgIpc) is 2.09. The molecule has 65 valence electrons. The highest BCUT2D eigenvalue weighted by Crippen LogP contribution is 2.23. The lowest BCUT2D eigenvalue weighted by atomic mass is 10.3. The van der Waals surface area contributed by atoms with Gasteiger partial charge in [0.1, 0.15) is 0 Å². The van der Waals surface area contributed by atoms with Gasteiger partial charge >= 0.3 is 0 Å². The predicted molar refractivity (Wildman–Crippen MR) is 47.3 cm³/mol. The van der Waals surface area contributed by atoms with E-state index in [0.717, 1.165) is 0 Å². The Balaban J connectivity index is 4.27. The number of hydrogen-bond acceptors (Lipinski definition) is 3. The van der Waals surface area contributed by atoms with E-state index < -0.39 is 9.04 Å². The molecule has 0 aromatic heterocycles. The summed E-state index contributed by atoms with van der Waals surface area (Å²) in [5, 5.41) is 17.3. The maximum atomic E-state index is 9.63. The van der Waals surface area contributed by atoms with Crippen LogP contribution in [0.3, 0.4) is 0 Å². The molecule has 0 aromatic carbocycles. The van der Waals surface area contributed by atoms with Crippen molar-refractivity contribution in [3.63, 3.8) is 0 Å². The standard InChI is InChI=1S/C8H13N2OSi/c1-3-7(5-9)12(11)8(4-2)6-10/h7-8,11H,3-4H2,1-2H3. The minimum absolute atomic E-state index is 0.306. The fraction of sp³-hybridized carbons (Fsp3) is 0.750. The van der Waals surface area contributed by atoms with E-state index in [9.17, 15) is 4.80 Å². The third-order valence-corrected chi connectivity index (χ3v) is 4.34. The Morgan fingerprint density at radius 1 is 1.17 bits per heavy atom. The maximum Gasteiger partial charge on any atom is 0.242 e. The largest absolute Gasteiger partial charge is 0.429 e. The van der Waals surface area contributed by atoms with Gasteiger partial charge in [-0.2, -0.15) is 10.5 Å². The van der Waals surface area contributed by atoms with E-state index in [1.807, 2.05) is 26.0 Å². The van der Waals surface area contributed by atoms with Crippen LogP contribution in [0.15, 0.2) is 0 Å². The summed E-state index contributed by atoms with van der Waals surface area (Å²) < 4.78 is 0. The zero-order valence-corrected chi connectivity index (χ0v) is 8.41. The first-order valence-electron chi connectivity index (χ1n) is 4.06. The van der Waals surface area contributed by atoms with Crippen LogP contribution in [0.4, 0.5) is 0 Å². The Labute approximate surface area is 75.0 Å². The molecule has 0 aliphatic heterocycles. The molecule has 0 spiro atoms. The lowest BCUT2D eigenvalue weighted by Gasteiger charge is -2.15. The molecule has 0 saturated carbocycles. The van der Waals surface area contributed by atoms with Crippen molar-refractivity contribution in [1.82, 2.24) is 0 Å². The molecule has 0 fully saturated rings. The molecule has 1 N–H and O–H groups in total. The molecule has 4 heteroatoms. The summed E-state index contributed by atoms with van der Waals surface area (Å²) in [6, 6.07) is 4.09. The summed E-state index contributed by atoms with van der Waals surface area (Å²) in [7, 11) is -1.79. The van der Waals surface area contributed by atoms with E-state index in [0.29, 0.717) is 12.8 Å². The fourth-order valence-corrected chi connectivity index (χ4v) is 2.56. The smallest absolute Gasteiger partial charge is 0.242 e. The summed E-state index contributed by atoms with van der Waals surface area (Å²) in [5.41, 5.74) is -0.612. The first kappa shape index (κ1) is 11.2. The molecule has 1 radical (unpaired) electrons. The van der Waals surface area contributed by atoms with Crippen molar-refractivity contribution in [1.29, 1.82) is 10.5 Å². The van der Waals surface area contributed by atoms with Gasteiger partial charge in [0.05, 0.1) is 23.2 Å². The summed E-state index contributed by atoms with van der Waals surface area (Å²) >= 11 is 0. The normalized spacial score (nSPS) is 14.8. The van der Waals surface area contributed by atoms with Gasteiger partial charge in [0.15, 0.2) is 0 Å². The molecule has 0 saturated heterocycles. The third-order valence-electron chi connectivity index (χ3n) is 1.84. The molecule has 0 heterocycles. The number of rotatable bonds is 4. The van der Waals surface area contributed by atoms with Gasteiger partial charge in [-0.1, -0.05) is 13.8 Å². The summed E-state index contributed by atoms with van der Waals surface area (Å²) in [5.74, 6) is 0. The average molecular weight is 181 g/mol. The summed E-state index contributed by atoms with van der Waals surface area (Å²) in [6.07, 6.45) is 1.28. The van der Waals surface area contributed by atoms with Gasteiger partial charge in [-0.05, 0) is 12.8 Å². The van der Waals surface area contributed by atoms with E-state index in [4.69, 9.17) is 10.5 Å². The number of nitrogens with zero attached hydrogens (tertiary/aromatic N) is 2. The molecule has 0 aromatic rings. The van der Waals surface area contributed by atoms with E-state index in [2.05, 4.69) is 0 Å². The van der Waals surface area contributed by atoms with Crippen molar-refractivity contribution < 1.29 is 4.80 Å². The molecule has 0 aliphatic carbocycles. The molecule has 2 atom stereocenters. The van der Waals surface area contributed by atoms with E-state index in [1.165, 1.54) is 0 Å². The zero-order chi connectivity index (χ0) is 9.56. The highest BCUT2D eigenvalue weighted by molar-refractivity contribution is 6.55. The topological polar surface area (TPSA) is 67.8 Å². The Hall–Kier alpha value is -0.843. The van der Waals surface area contributed by atoms with E-state index >= 15 is 0 Å². The Bertz CT molecular complexity index is 184. The van der Waals surface area contributed by atoms with Crippen molar-refractivity contribution in [3.8, 4) is 12.1 Å². The third kappa shape index (κ3) is 2.65. The van der Waals surface area contributed by atoms with Gasteiger partial charge in [0.25, 0.3) is 0 Å². The van der Waals surface area contributed by atoms with Crippen LogP contribution in [-0.4, -0.2) is 13.8 Å².